The first kappa shape index (κ1) is 48.7. The van der Waals surface area contributed by atoms with Crippen LogP contribution in [0.2, 0.25) is 36.3 Å². The Kier molecular flexibility index (Phi) is 18.9. The van der Waals surface area contributed by atoms with Crippen LogP contribution in [0.15, 0.2) is 88.6 Å². The van der Waals surface area contributed by atoms with Crippen molar-refractivity contribution in [3.63, 3.8) is 0 Å². The molecule has 13 heteroatoms. The number of aryl methyl sites for hydroxylation is 2. The average Bonchev–Trinajstić information content (AvgIpc) is 3.80. The maximum Gasteiger partial charge on any atom is 0.193 e. The Morgan fingerprint density at radius 2 is 1.15 bits per heavy atom. The van der Waals surface area contributed by atoms with Crippen molar-refractivity contribution in [1.82, 2.24) is 29.1 Å². The SMILES string of the molecule is C.CC(C)(C)[Si](C)(C)Cl.CC(O)c1nc(-c2ccc(Br)cc2)cn1C.CC(O[Si](C)(C)C(C)(C)C)c1nc(-c2ccc(Br)cc2)cn1C.c1c[nH]cn1. The molecule has 8 nitrogen and oxygen atoms in total. The third-order valence-corrected chi connectivity index (χ3v) is 20.2. The molecule has 5 aromatic rings. The van der Waals surface area contributed by atoms with E-state index < -0.39 is 21.8 Å². The van der Waals surface area contributed by atoms with Crippen LogP contribution in [0.25, 0.3) is 22.5 Å². The highest BCUT2D eigenvalue weighted by molar-refractivity contribution is 9.10. The van der Waals surface area contributed by atoms with Crippen LogP contribution in [0.5, 0.6) is 0 Å². The number of H-pyrrole nitrogens is 1. The molecule has 0 aliphatic carbocycles. The number of aliphatic hydroxyl groups excluding tert-OH is 1. The zero-order chi connectivity index (χ0) is 39.7. The fourth-order valence-corrected chi connectivity index (χ4v) is 6.00. The number of nitrogens with one attached hydrogen (secondary N) is 1. The highest BCUT2D eigenvalue weighted by Crippen LogP contribution is 2.40. The van der Waals surface area contributed by atoms with E-state index in [0.29, 0.717) is 10.9 Å². The minimum Gasteiger partial charge on any atom is -0.407 e. The zero-order valence-corrected chi connectivity index (χ0v) is 39.3. The van der Waals surface area contributed by atoms with E-state index in [2.05, 4.69) is 144 Å². The predicted molar refractivity (Wildman–Crippen MR) is 238 cm³/mol. The van der Waals surface area contributed by atoms with Gasteiger partial charge in [-0.3, -0.25) is 0 Å². The molecule has 0 radical (unpaired) electrons. The Hall–Kier alpha value is -2.33. The first-order valence-corrected chi connectivity index (χ1v) is 25.9. The van der Waals surface area contributed by atoms with Crippen molar-refractivity contribution in [3.8, 4) is 22.5 Å². The summed E-state index contributed by atoms with van der Waals surface area (Å²) < 4.78 is 12.5. The van der Waals surface area contributed by atoms with E-state index in [9.17, 15) is 5.11 Å². The van der Waals surface area contributed by atoms with E-state index in [1.807, 2.05) is 61.3 Å². The van der Waals surface area contributed by atoms with E-state index in [4.69, 9.17) is 20.5 Å². The van der Waals surface area contributed by atoms with Gasteiger partial charge in [0.2, 0.25) is 0 Å². The summed E-state index contributed by atoms with van der Waals surface area (Å²) in [6, 6.07) is 16.2. The summed E-state index contributed by atoms with van der Waals surface area (Å²) in [5.74, 6) is 1.66. The standard InChI is InChI=1S/C18H27BrN2OSi.C12H13BrN2O.C6H15ClSi.C3H4N2.CH4/c1-13(22-23(6,7)18(2,3)4)17-20-16(12-21(17)5)14-8-10-15(19)11-9-14;1-8(16)12-14-11(7-15(12)2)9-3-5-10(13)6-4-9;1-6(2,3)8(4,5)7;1-2-5-3-4-1;/h8-13H,1-7H3;3-8,16H,1-2H3;1-5H3;1-3H,(H,4,5);1H4. The lowest BCUT2D eigenvalue weighted by Crippen LogP contribution is -2.41. The minimum atomic E-state index is -1.81. The van der Waals surface area contributed by atoms with Gasteiger partial charge in [-0.25, -0.2) is 15.0 Å². The van der Waals surface area contributed by atoms with Gasteiger partial charge in [0.25, 0.3) is 0 Å². The van der Waals surface area contributed by atoms with Gasteiger partial charge in [-0.1, -0.05) is 118 Å². The van der Waals surface area contributed by atoms with Gasteiger partial charge in [-0.05, 0) is 61.3 Å². The number of aliphatic hydroxyl groups is 1. The van der Waals surface area contributed by atoms with Gasteiger partial charge in [0.1, 0.15) is 23.9 Å². The third-order valence-electron chi connectivity index (χ3n) is 9.31. The zero-order valence-electron chi connectivity index (χ0n) is 33.4. The van der Waals surface area contributed by atoms with Gasteiger partial charge in [0.15, 0.2) is 15.7 Å². The number of nitrogens with zero attached hydrogens (tertiary/aromatic N) is 5. The van der Waals surface area contributed by atoms with Crippen molar-refractivity contribution in [2.45, 2.75) is 111 Å². The topological polar surface area (TPSA) is 93.8 Å². The lowest BCUT2D eigenvalue weighted by Gasteiger charge is -2.38. The Morgan fingerprint density at radius 3 is 1.43 bits per heavy atom. The van der Waals surface area contributed by atoms with E-state index in [1.54, 1.807) is 25.6 Å². The fourth-order valence-electron chi connectivity index (χ4n) is 4.13. The molecule has 0 aliphatic rings. The van der Waals surface area contributed by atoms with Crippen molar-refractivity contribution in [3.05, 3.63) is 100 Å². The largest absolute Gasteiger partial charge is 0.407 e. The minimum absolute atomic E-state index is 0. The molecule has 2 atom stereocenters. The van der Waals surface area contributed by atoms with Crippen LogP contribution < -0.4 is 0 Å². The molecule has 5 rings (SSSR count). The second-order valence-electron chi connectivity index (χ2n) is 15.9. The molecular weight excluding hydrogens is 848 g/mol. The van der Waals surface area contributed by atoms with Crippen LogP contribution in [0, 0.1) is 0 Å². The molecule has 2 aromatic carbocycles. The predicted octanol–water partition coefficient (Wildman–Crippen LogP) is 13.1. The van der Waals surface area contributed by atoms with Crippen LogP contribution in [-0.4, -0.2) is 49.9 Å². The third kappa shape index (κ3) is 15.4. The number of halogens is 3. The molecule has 2 unspecified atom stereocenters. The summed E-state index contributed by atoms with van der Waals surface area (Å²) >= 11 is 13.0. The smallest absolute Gasteiger partial charge is 0.193 e. The molecule has 0 amide bonds. The molecule has 3 heterocycles. The molecule has 0 fully saturated rings. The summed E-state index contributed by atoms with van der Waals surface area (Å²) in [6.45, 7) is 26.1. The van der Waals surface area contributed by atoms with Crippen molar-refractivity contribution >= 4 is 58.6 Å². The molecule has 53 heavy (non-hydrogen) atoms. The number of hydrogen-bond acceptors (Lipinski definition) is 5. The molecule has 2 N–H and O–H groups in total. The quantitative estimate of drug-likeness (QED) is 0.131. The first-order chi connectivity index (χ1) is 23.8. The lowest BCUT2D eigenvalue weighted by atomic mass is 10.2. The van der Waals surface area contributed by atoms with Crippen LogP contribution in [0.1, 0.15) is 86.7 Å². The van der Waals surface area contributed by atoms with Crippen LogP contribution in [0.4, 0.5) is 0 Å². The number of hydrogen-bond donors (Lipinski definition) is 2. The van der Waals surface area contributed by atoms with Crippen LogP contribution in [0.3, 0.4) is 0 Å². The van der Waals surface area contributed by atoms with E-state index in [1.165, 1.54) is 0 Å². The number of imidazole rings is 3. The van der Waals surface area contributed by atoms with Crippen LogP contribution >= 0.6 is 42.9 Å². The van der Waals surface area contributed by atoms with Gasteiger partial charge >= 0.3 is 0 Å². The Bertz CT molecular complexity index is 1740. The molecule has 0 bridgehead atoms. The second kappa shape index (κ2) is 20.6. The van der Waals surface area contributed by atoms with Crippen molar-refractivity contribution in [2.75, 3.05) is 0 Å². The summed E-state index contributed by atoms with van der Waals surface area (Å²) in [6.07, 6.45) is 8.52. The summed E-state index contributed by atoms with van der Waals surface area (Å²) in [5, 5.41) is 10.1. The molecule has 0 saturated carbocycles. The Labute approximate surface area is 343 Å². The summed E-state index contributed by atoms with van der Waals surface area (Å²) in [5.41, 5.74) is 4.03. The number of aromatic nitrogens is 6. The number of benzene rings is 2. The lowest BCUT2D eigenvalue weighted by molar-refractivity contribution is 0.185. The average molecular weight is 911 g/mol. The molecule has 3 aromatic heterocycles. The summed E-state index contributed by atoms with van der Waals surface area (Å²) in [7, 11) is 0.727. The molecule has 0 saturated heterocycles. The molecule has 294 valence electrons. The van der Waals surface area contributed by atoms with E-state index in [-0.39, 0.29) is 18.6 Å². The van der Waals surface area contributed by atoms with Gasteiger partial charge in [-0.2, -0.15) is 11.1 Å². The van der Waals surface area contributed by atoms with Crippen LogP contribution in [-0.2, 0) is 18.5 Å². The van der Waals surface area contributed by atoms with E-state index in [0.717, 1.165) is 37.3 Å². The van der Waals surface area contributed by atoms with Gasteiger partial charge in [-0.15, -0.1) is 0 Å². The maximum atomic E-state index is 9.52. The Morgan fingerprint density at radius 1 is 0.755 bits per heavy atom. The normalized spacial score (nSPS) is 12.9. The van der Waals surface area contributed by atoms with E-state index >= 15 is 0 Å². The monoisotopic (exact) mass is 908 g/mol. The number of aromatic amines is 1. The summed E-state index contributed by atoms with van der Waals surface area (Å²) in [4.78, 5) is 15.6. The molecule has 0 aliphatic heterocycles. The molecule has 0 spiro atoms. The maximum absolute atomic E-state index is 9.52. The highest BCUT2D eigenvalue weighted by atomic mass is 79.9. The fraction of sp³-hybridized carbons (Fsp3) is 0.475. The Balaban J connectivity index is 0.000000403. The second-order valence-corrected chi connectivity index (χ2v) is 29.8. The van der Waals surface area contributed by atoms with Gasteiger partial charge in [0.05, 0.1) is 17.7 Å². The number of rotatable bonds is 6. The molecular formula is C40H63Br2ClN6O2Si2. The highest BCUT2D eigenvalue weighted by Gasteiger charge is 2.39. The van der Waals surface area contributed by atoms with Gasteiger partial charge in [0, 0.05) is 59.0 Å². The first-order valence-electron chi connectivity index (χ1n) is 17.4. The van der Waals surface area contributed by atoms with Gasteiger partial charge < -0.3 is 23.7 Å². The van der Waals surface area contributed by atoms with Crippen molar-refractivity contribution in [1.29, 1.82) is 0 Å². The van der Waals surface area contributed by atoms with Crippen molar-refractivity contribution < 1.29 is 9.53 Å². The van der Waals surface area contributed by atoms with Crippen molar-refractivity contribution in [2.24, 2.45) is 14.1 Å².